The summed E-state index contributed by atoms with van der Waals surface area (Å²) in [6, 6.07) is 6.92. The summed E-state index contributed by atoms with van der Waals surface area (Å²) >= 11 is 12.1. The molecule has 0 unspecified atom stereocenters. The van der Waals surface area contributed by atoms with E-state index in [9.17, 15) is 9.90 Å². The zero-order chi connectivity index (χ0) is 14.2. The lowest BCUT2D eigenvalue weighted by Gasteiger charge is -2.03. The minimum Gasteiger partial charge on any atom is -0.478 e. The van der Waals surface area contributed by atoms with E-state index in [4.69, 9.17) is 23.2 Å². The van der Waals surface area contributed by atoms with Crippen LogP contribution in [-0.4, -0.2) is 20.9 Å². The van der Waals surface area contributed by atoms with Crippen molar-refractivity contribution in [3.05, 3.63) is 45.7 Å². The third-order valence-electron chi connectivity index (χ3n) is 2.67. The first kappa shape index (κ1) is 13.9. The maximum absolute atomic E-state index is 11.3. The van der Waals surface area contributed by atoms with Gasteiger partial charge in [-0.15, -0.1) is 0 Å². The zero-order valence-corrected chi connectivity index (χ0v) is 11.9. The fraction of sp³-hybridized carbons (Fsp3) is 0.231. The predicted octanol–water partition coefficient (Wildman–Crippen LogP) is 4.00. The van der Waals surface area contributed by atoms with Crippen LogP contribution in [0.25, 0.3) is 5.69 Å². The summed E-state index contributed by atoms with van der Waals surface area (Å²) in [4.78, 5) is 11.3. The second-order valence-electron chi connectivity index (χ2n) is 4.40. The summed E-state index contributed by atoms with van der Waals surface area (Å²) in [5.41, 5.74) is 1.13. The zero-order valence-electron chi connectivity index (χ0n) is 10.4. The summed E-state index contributed by atoms with van der Waals surface area (Å²) in [6.07, 6.45) is 0. The lowest BCUT2D eigenvalue weighted by molar-refractivity contribution is 0.0695. The van der Waals surface area contributed by atoms with Crippen molar-refractivity contribution in [2.24, 2.45) is 0 Å². The quantitative estimate of drug-likeness (QED) is 0.932. The molecule has 0 aliphatic heterocycles. The molecule has 1 aromatic carbocycles. The summed E-state index contributed by atoms with van der Waals surface area (Å²) in [5.74, 6) is -1.12. The molecule has 0 atom stereocenters. The Labute approximate surface area is 120 Å². The molecule has 0 aliphatic carbocycles. The number of aromatic carboxylic acids is 1. The average molecular weight is 299 g/mol. The third-order valence-corrected chi connectivity index (χ3v) is 3.25. The Kier molecular flexibility index (Phi) is 3.83. The predicted molar refractivity (Wildman–Crippen MR) is 74.6 cm³/mol. The van der Waals surface area contributed by atoms with Crippen LogP contribution >= 0.6 is 23.2 Å². The van der Waals surface area contributed by atoms with Gasteiger partial charge in [-0.05, 0) is 24.1 Å². The molecule has 2 rings (SSSR count). The van der Waals surface area contributed by atoms with E-state index in [0.717, 1.165) is 0 Å². The van der Waals surface area contributed by atoms with E-state index >= 15 is 0 Å². The van der Waals surface area contributed by atoms with Crippen LogP contribution in [0.3, 0.4) is 0 Å². The topological polar surface area (TPSA) is 55.1 Å². The molecular formula is C13H12Cl2N2O2. The Morgan fingerprint density at radius 3 is 2.53 bits per heavy atom. The van der Waals surface area contributed by atoms with Gasteiger partial charge in [0.15, 0.2) is 0 Å². The van der Waals surface area contributed by atoms with Crippen molar-refractivity contribution in [2.75, 3.05) is 0 Å². The normalized spacial score (nSPS) is 11.0. The van der Waals surface area contributed by atoms with Crippen molar-refractivity contribution in [3.63, 3.8) is 0 Å². The molecule has 0 fully saturated rings. The number of hydrogen-bond donors (Lipinski definition) is 1. The van der Waals surface area contributed by atoms with Crippen molar-refractivity contribution in [2.45, 2.75) is 19.8 Å². The molecule has 1 aromatic heterocycles. The Hall–Kier alpha value is -1.52. The van der Waals surface area contributed by atoms with Crippen molar-refractivity contribution in [1.29, 1.82) is 0 Å². The van der Waals surface area contributed by atoms with Crippen molar-refractivity contribution < 1.29 is 9.90 Å². The molecule has 0 amide bonds. The summed E-state index contributed by atoms with van der Waals surface area (Å²) in [5, 5.41) is 14.1. The lowest BCUT2D eigenvalue weighted by Crippen LogP contribution is -2.01. The fourth-order valence-corrected chi connectivity index (χ4v) is 2.29. The van der Waals surface area contributed by atoms with Crippen LogP contribution in [0.15, 0.2) is 24.3 Å². The van der Waals surface area contributed by atoms with E-state index in [1.54, 1.807) is 24.3 Å². The van der Waals surface area contributed by atoms with Crippen molar-refractivity contribution in [3.8, 4) is 5.69 Å². The minimum atomic E-state index is -1.08. The molecule has 19 heavy (non-hydrogen) atoms. The number of aromatic nitrogens is 2. The van der Waals surface area contributed by atoms with Crippen molar-refractivity contribution >= 4 is 29.2 Å². The second-order valence-corrected chi connectivity index (χ2v) is 5.20. The van der Waals surface area contributed by atoms with E-state index in [2.05, 4.69) is 5.10 Å². The van der Waals surface area contributed by atoms with Gasteiger partial charge in [0.2, 0.25) is 0 Å². The van der Waals surface area contributed by atoms with Gasteiger partial charge >= 0.3 is 5.97 Å². The number of carboxylic acids is 1. The van der Waals surface area contributed by atoms with Gasteiger partial charge in [-0.3, -0.25) is 0 Å². The van der Waals surface area contributed by atoms with Gasteiger partial charge in [0.1, 0.15) is 10.7 Å². The van der Waals surface area contributed by atoms with E-state index in [-0.39, 0.29) is 16.6 Å². The van der Waals surface area contributed by atoms with Crippen molar-refractivity contribution in [1.82, 2.24) is 9.78 Å². The molecule has 0 saturated carbocycles. The average Bonchev–Trinajstić information content (AvgIpc) is 2.67. The SMILES string of the molecule is CC(C)c1nn(-c2cccc(Cl)c2)c(Cl)c1C(=O)O. The van der Waals surface area contributed by atoms with E-state index in [0.29, 0.717) is 16.4 Å². The maximum Gasteiger partial charge on any atom is 0.340 e. The summed E-state index contributed by atoms with van der Waals surface area (Å²) in [6.45, 7) is 3.74. The van der Waals surface area contributed by atoms with Gasteiger partial charge < -0.3 is 5.11 Å². The van der Waals surface area contributed by atoms with Crippen LogP contribution in [0.4, 0.5) is 0 Å². The number of rotatable bonds is 3. The molecule has 1 N–H and O–H groups in total. The Balaban J connectivity index is 2.66. The van der Waals surface area contributed by atoms with Crippen LogP contribution in [-0.2, 0) is 0 Å². The maximum atomic E-state index is 11.3. The van der Waals surface area contributed by atoms with E-state index < -0.39 is 5.97 Å². The van der Waals surface area contributed by atoms with Gasteiger partial charge in [-0.2, -0.15) is 5.10 Å². The molecule has 2 aromatic rings. The number of benzene rings is 1. The van der Waals surface area contributed by atoms with Crippen LogP contribution in [0.5, 0.6) is 0 Å². The van der Waals surface area contributed by atoms with Gasteiger partial charge in [-0.25, -0.2) is 9.48 Å². The first-order valence-corrected chi connectivity index (χ1v) is 6.45. The number of carbonyl (C=O) groups is 1. The number of halogens is 2. The van der Waals surface area contributed by atoms with Crippen LogP contribution in [0.2, 0.25) is 10.2 Å². The largest absolute Gasteiger partial charge is 0.478 e. The van der Waals surface area contributed by atoms with Crippen LogP contribution in [0.1, 0.15) is 35.8 Å². The minimum absolute atomic E-state index is 0.0379. The van der Waals surface area contributed by atoms with Gasteiger partial charge in [-0.1, -0.05) is 43.1 Å². The molecule has 100 valence electrons. The Bertz CT molecular complexity index is 636. The highest BCUT2D eigenvalue weighted by atomic mass is 35.5. The summed E-state index contributed by atoms with van der Waals surface area (Å²) < 4.78 is 1.40. The van der Waals surface area contributed by atoms with Crippen LogP contribution in [0, 0.1) is 0 Å². The third kappa shape index (κ3) is 2.60. The highest BCUT2D eigenvalue weighted by Gasteiger charge is 2.24. The number of hydrogen-bond acceptors (Lipinski definition) is 2. The molecular weight excluding hydrogens is 287 g/mol. The molecule has 0 aliphatic rings. The molecule has 6 heteroatoms. The van der Waals surface area contributed by atoms with Crippen LogP contribution < -0.4 is 0 Å². The smallest absolute Gasteiger partial charge is 0.340 e. The van der Waals surface area contributed by atoms with Gasteiger partial charge in [0.05, 0.1) is 11.4 Å². The molecule has 1 heterocycles. The molecule has 0 spiro atoms. The highest BCUT2D eigenvalue weighted by Crippen LogP contribution is 2.29. The first-order valence-electron chi connectivity index (χ1n) is 5.69. The molecule has 0 saturated heterocycles. The second kappa shape index (κ2) is 5.23. The lowest BCUT2D eigenvalue weighted by atomic mass is 10.1. The van der Waals surface area contributed by atoms with Gasteiger partial charge in [0, 0.05) is 5.02 Å². The monoisotopic (exact) mass is 298 g/mol. The van der Waals surface area contributed by atoms with E-state index in [1.165, 1.54) is 4.68 Å². The summed E-state index contributed by atoms with van der Waals surface area (Å²) in [7, 11) is 0. The molecule has 0 radical (unpaired) electrons. The molecule has 4 nitrogen and oxygen atoms in total. The standard InChI is InChI=1S/C13H12Cl2N2O2/c1-7(2)11-10(13(18)19)12(15)17(16-11)9-5-3-4-8(14)6-9/h3-7H,1-2H3,(H,18,19). The highest BCUT2D eigenvalue weighted by molar-refractivity contribution is 6.33. The van der Waals surface area contributed by atoms with Gasteiger partial charge in [0.25, 0.3) is 0 Å². The first-order chi connectivity index (χ1) is 8.91. The Morgan fingerprint density at radius 1 is 1.37 bits per heavy atom. The molecule has 0 bridgehead atoms. The Morgan fingerprint density at radius 2 is 2.05 bits per heavy atom. The number of nitrogens with zero attached hydrogens (tertiary/aromatic N) is 2. The number of carboxylic acid groups (broad SMARTS) is 1. The fourth-order valence-electron chi connectivity index (χ4n) is 1.79. The van der Waals surface area contributed by atoms with E-state index in [1.807, 2.05) is 13.8 Å².